The van der Waals surface area contributed by atoms with E-state index in [1.54, 1.807) is 24.3 Å². The van der Waals surface area contributed by atoms with E-state index in [2.05, 4.69) is 21.6 Å². The Bertz CT molecular complexity index is 1200. The van der Waals surface area contributed by atoms with Gasteiger partial charge in [-0.3, -0.25) is 9.89 Å². The highest BCUT2D eigenvalue weighted by molar-refractivity contribution is 6.36. The van der Waals surface area contributed by atoms with Gasteiger partial charge in [0.05, 0.1) is 16.4 Å². The molecular formula is C24H19Cl2N3O. The number of aryl methyl sites for hydroxylation is 1. The molecule has 2 N–H and O–H groups in total. The Morgan fingerprint density at radius 2 is 1.80 bits per heavy atom. The minimum absolute atomic E-state index is 0.112. The fraction of sp³-hybridized carbons (Fsp3) is 0.0833. The Morgan fingerprint density at radius 3 is 2.53 bits per heavy atom. The van der Waals surface area contributed by atoms with Gasteiger partial charge in [0.25, 0.3) is 5.91 Å². The quantitative estimate of drug-likeness (QED) is 0.386. The summed E-state index contributed by atoms with van der Waals surface area (Å²) in [5, 5.41) is 11.5. The molecule has 30 heavy (non-hydrogen) atoms. The molecule has 4 nitrogen and oxygen atoms in total. The third-order valence-electron chi connectivity index (χ3n) is 4.78. The van der Waals surface area contributed by atoms with Crippen LogP contribution in [0.2, 0.25) is 10.0 Å². The lowest BCUT2D eigenvalue weighted by Gasteiger charge is -2.07. The molecular weight excluding hydrogens is 417 g/mol. The third-order valence-corrected chi connectivity index (χ3v) is 5.33. The van der Waals surface area contributed by atoms with E-state index in [9.17, 15) is 4.79 Å². The molecule has 4 rings (SSSR count). The number of hydrogen-bond acceptors (Lipinski definition) is 2. The minimum Gasteiger partial charge on any atom is -0.348 e. The zero-order chi connectivity index (χ0) is 21.1. The van der Waals surface area contributed by atoms with Crippen LogP contribution in [0, 0.1) is 6.92 Å². The maximum atomic E-state index is 12.4. The first kappa shape index (κ1) is 20.2. The highest BCUT2D eigenvalue weighted by Gasteiger charge is 2.11. The number of hydrogen-bond donors (Lipinski definition) is 2. The summed E-state index contributed by atoms with van der Waals surface area (Å²) in [5.74, 6) is -0.112. The lowest BCUT2D eigenvalue weighted by atomic mass is 10.1. The smallest absolute Gasteiger partial charge is 0.251 e. The van der Waals surface area contributed by atoms with Crippen molar-refractivity contribution in [3.63, 3.8) is 0 Å². The van der Waals surface area contributed by atoms with Crippen molar-refractivity contribution in [1.29, 1.82) is 0 Å². The Hall–Kier alpha value is -3.08. The third kappa shape index (κ3) is 4.56. The number of carbonyl (C=O) groups excluding carboxylic acids is 1. The number of aromatic nitrogens is 2. The first-order valence-electron chi connectivity index (χ1n) is 9.44. The van der Waals surface area contributed by atoms with Crippen molar-refractivity contribution in [3.05, 3.63) is 99.5 Å². The molecule has 0 spiro atoms. The highest BCUT2D eigenvalue weighted by atomic mass is 35.5. The molecule has 0 atom stereocenters. The SMILES string of the molecule is Cc1cccc(CNC(=O)c2ccc(-c3cc(-c4ccc(Cl)cc4Cl)[nH]n3)cc2)c1. The molecule has 1 amide bonds. The summed E-state index contributed by atoms with van der Waals surface area (Å²) in [4.78, 5) is 12.4. The van der Waals surface area contributed by atoms with Crippen LogP contribution in [0.15, 0.2) is 72.8 Å². The number of benzene rings is 3. The van der Waals surface area contributed by atoms with Gasteiger partial charge in [0.15, 0.2) is 0 Å². The average Bonchev–Trinajstić information content (AvgIpc) is 3.22. The molecule has 1 aromatic heterocycles. The van der Waals surface area contributed by atoms with Gasteiger partial charge in [-0.2, -0.15) is 5.10 Å². The van der Waals surface area contributed by atoms with Crippen LogP contribution < -0.4 is 5.32 Å². The summed E-state index contributed by atoms with van der Waals surface area (Å²) in [5.41, 5.74) is 6.14. The monoisotopic (exact) mass is 435 g/mol. The zero-order valence-electron chi connectivity index (χ0n) is 16.2. The van der Waals surface area contributed by atoms with E-state index < -0.39 is 0 Å². The van der Waals surface area contributed by atoms with Crippen LogP contribution in [0.4, 0.5) is 0 Å². The van der Waals surface area contributed by atoms with Gasteiger partial charge in [-0.1, -0.05) is 65.2 Å². The summed E-state index contributed by atoms with van der Waals surface area (Å²) in [6, 6.07) is 22.7. The summed E-state index contributed by atoms with van der Waals surface area (Å²) in [7, 11) is 0. The molecule has 0 fully saturated rings. The van der Waals surface area contributed by atoms with E-state index in [0.717, 1.165) is 28.1 Å². The molecule has 6 heteroatoms. The fourth-order valence-electron chi connectivity index (χ4n) is 3.21. The Balaban J connectivity index is 1.46. The molecule has 1 heterocycles. The number of halogens is 2. The second kappa shape index (κ2) is 8.74. The van der Waals surface area contributed by atoms with Crippen LogP contribution in [-0.4, -0.2) is 16.1 Å². The largest absolute Gasteiger partial charge is 0.348 e. The van der Waals surface area contributed by atoms with Crippen LogP contribution in [0.3, 0.4) is 0 Å². The number of nitrogens with one attached hydrogen (secondary N) is 2. The lowest BCUT2D eigenvalue weighted by molar-refractivity contribution is 0.0951. The van der Waals surface area contributed by atoms with Gasteiger partial charge in [0, 0.05) is 28.3 Å². The molecule has 4 aromatic rings. The molecule has 3 aromatic carbocycles. The van der Waals surface area contributed by atoms with E-state index in [4.69, 9.17) is 23.2 Å². The summed E-state index contributed by atoms with van der Waals surface area (Å²) >= 11 is 12.2. The van der Waals surface area contributed by atoms with E-state index in [0.29, 0.717) is 22.2 Å². The number of carbonyl (C=O) groups is 1. The van der Waals surface area contributed by atoms with Crippen LogP contribution in [-0.2, 0) is 6.54 Å². The number of nitrogens with zero attached hydrogens (tertiary/aromatic N) is 1. The predicted molar refractivity (Wildman–Crippen MR) is 122 cm³/mol. The van der Waals surface area contributed by atoms with Gasteiger partial charge in [0.1, 0.15) is 0 Å². The first-order valence-corrected chi connectivity index (χ1v) is 10.2. The number of aromatic amines is 1. The van der Waals surface area contributed by atoms with Crippen molar-refractivity contribution in [2.75, 3.05) is 0 Å². The molecule has 0 aliphatic rings. The van der Waals surface area contributed by atoms with Crippen molar-refractivity contribution < 1.29 is 4.79 Å². The molecule has 0 saturated carbocycles. The van der Waals surface area contributed by atoms with Gasteiger partial charge in [0.2, 0.25) is 0 Å². The van der Waals surface area contributed by atoms with Gasteiger partial charge >= 0.3 is 0 Å². The molecule has 0 unspecified atom stereocenters. The van der Waals surface area contributed by atoms with Gasteiger partial charge in [-0.05, 0) is 48.9 Å². The molecule has 0 radical (unpaired) electrons. The minimum atomic E-state index is -0.112. The second-order valence-corrected chi connectivity index (χ2v) is 7.88. The highest BCUT2D eigenvalue weighted by Crippen LogP contribution is 2.31. The van der Waals surface area contributed by atoms with Gasteiger partial charge in [-0.15, -0.1) is 0 Å². The average molecular weight is 436 g/mol. The molecule has 0 aliphatic carbocycles. The van der Waals surface area contributed by atoms with Gasteiger partial charge < -0.3 is 5.32 Å². The van der Waals surface area contributed by atoms with Crippen molar-refractivity contribution in [2.24, 2.45) is 0 Å². The zero-order valence-corrected chi connectivity index (χ0v) is 17.8. The van der Waals surface area contributed by atoms with E-state index in [1.165, 1.54) is 5.56 Å². The normalized spacial score (nSPS) is 10.8. The number of rotatable bonds is 5. The van der Waals surface area contributed by atoms with Gasteiger partial charge in [-0.25, -0.2) is 0 Å². The maximum absolute atomic E-state index is 12.4. The predicted octanol–water partition coefficient (Wildman–Crippen LogP) is 6.29. The number of amides is 1. The fourth-order valence-corrected chi connectivity index (χ4v) is 3.72. The summed E-state index contributed by atoms with van der Waals surface area (Å²) in [6.45, 7) is 2.53. The van der Waals surface area contributed by atoms with Crippen LogP contribution in [0.1, 0.15) is 21.5 Å². The summed E-state index contributed by atoms with van der Waals surface area (Å²) in [6.07, 6.45) is 0. The molecule has 150 valence electrons. The molecule has 0 bridgehead atoms. The lowest BCUT2D eigenvalue weighted by Crippen LogP contribution is -2.22. The molecule has 0 saturated heterocycles. The Labute approximate surface area is 184 Å². The Morgan fingerprint density at radius 1 is 1.00 bits per heavy atom. The van der Waals surface area contributed by atoms with E-state index in [1.807, 2.05) is 49.4 Å². The second-order valence-electron chi connectivity index (χ2n) is 7.04. The van der Waals surface area contributed by atoms with Crippen molar-refractivity contribution in [1.82, 2.24) is 15.5 Å². The standard InChI is InChI=1S/C24H19Cl2N3O/c1-15-3-2-4-16(11-15)14-27-24(30)18-7-5-17(6-8-18)22-13-23(29-28-22)20-10-9-19(25)12-21(20)26/h2-13H,14H2,1H3,(H,27,30)(H,28,29). The van der Waals surface area contributed by atoms with E-state index in [-0.39, 0.29) is 5.91 Å². The first-order chi connectivity index (χ1) is 14.5. The van der Waals surface area contributed by atoms with Crippen molar-refractivity contribution in [3.8, 4) is 22.5 Å². The van der Waals surface area contributed by atoms with Crippen LogP contribution >= 0.6 is 23.2 Å². The van der Waals surface area contributed by atoms with Crippen molar-refractivity contribution >= 4 is 29.1 Å². The Kier molecular flexibility index (Phi) is 5.88. The molecule has 0 aliphatic heterocycles. The van der Waals surface area contributed by atoms with Crippen LogP contribution in [0.25, 0.3) is 22.5 Å². The number of H-pyrrole nitrogens is 1. The topological polar surface area (TPSA) is 57.8 Å². The maximum Gasteiger partial charge on any atom is 0.251 e. The van der Waals surface area contributed by atoms with Crippen LogP contribution in [0.5, 0.6) is 0 Å². The van der Waals surface area contributed by atoms with Crippen molar-refractivity contribution in [2.45, 2.75) is 13.5 Å². The summed E-state index contributed by atoms with van der Waals surface area (Å²) < 4.78 is 0. The van der Waals surface area contributed by atoms with E-state index >= 15 is 0 Å².